The minimum Gasteiger partial charge on any atom is -0.113 e. The van der Waals surface area contributed by atoms with E-state index in [9.17, 15) is 0 Å². The van der Waals surface area contributed by atoms with Crippen LogP contribution >= 0.6 is 11.6 Å². The average Bonchev–Trinajstić information content (AvgIpc) is 2.05. The molecule has 0 fully saturated rings. The highest BCUT2D eigenvalue weighted by molar-refractivity contribution is 6.22. The van der Waals surface area contributed by atoms with Crippen LogP contribution in [0, 0.1) is 0 Å². The fourth-order valence-electron chi connectivity index (χ4n) is 0.907. The molecule has 0 aliphatic rings. The number of benzene rings is 1. The van der Waals surface area contributed by atoms with Gasteiger partial charge in [0.05, 0.1) is 5.38 Å². The molecule has 0 radical (unpaired) electrons. The van der Waals surface area contributed by atoms with Gasteiger partial charge < -0.3 is 0 Å². The summed E-state index contributed by atoms with van der Waals surface area (Å²) in [7, 11) is 0. The predicted molar refractivity (Wildman–Crippen MR) is 49.9 cm³/mol. The molecule has 1 rings (SSSR count). The van der Waals surface area contributed by atoms with E-state index in [1.54, 1.807) is 0 Å². The summed E-state index contributed by atoms with van der Waals surface area (Å²) in [6.07, 6.45) is 0. The maximum Gasteiger partial charge on any atom is 0.0790 e. The van der Waals surface area contributed by atoms with Gasteiger partial charge >= 0.3 is 0 Å². The van der Waals surface area contributed by atoms with E-state index in [0.717, 1.165) is 11.1 Å². The molecule has 0 aromatic heterocycles. The molecule has 1 heteroatoms. The van der Waals surface area contributed by atoms with Gasteiger partial charge in [-0.3, -0.25) is 0 Å². The van der Waals surface area contributed by atoms with Crippen LogP contribution in [0.1, 0.15) is 17.9 Å². The maximum atomic E-state index is 6.04. The molecule has 0 N–H and O–H groups in total. The van der Waals surface area contributed by atoms with Gasteiger partial charge in [0.15, 0.2) is 0 Å². The predicted octanol–water partition coefficient (Wildman–Crippen LogP) is 3.54. The van der Waals surface area contributed by atoms with E-state index in [0.29, 0.717) is 0 Å². The van der Waals surface area contributed by atoms with Gasteiger partial charge in [0.25, 0.3) is 0 Å². The molecule has 11 heavy (non-hydrogen) atoms. The highest BCUT2D eigenvalue weighted by Crippen LogP contribution is 2.26. The molecule has 0 nitrogen and oxygen atoms in total. The minimum absolute atomic E-state index is 0.0452. The Morgan fingerprint density at radius 3 is 2.36 bits per heavy atom. The van der Waals surface area contributed by atoms with Gasteiger partial charge in [-0.15, -0.1) is 11.6 Å². The van der Waals surface area contributed by atoms with Crippen LogP contribution in [0.3, 0.4) is 0 Å². The van der Waals surface area contributed by atoms with Gasteiger partial charge in [0, 0.05) is 0 Å². The first kappa shape index (κ1) is 8.35. The van der Waals surface area contributed by atoms with Gasteiger partial charge in [-0.05, 0) is 12.5 Å². The molecule has 0 bridgehead atoms. The monoisotopic (exact) mass is 166 g/mol. The van der Waals surface area contributed by atoms with Crippen molar-refractivity contribution < 1.29 is 0 Å². The van der Waals surface area contributed by atoms with Crippen molar-refractivity contribution >= 4 is 11.6 Å². The summed E-state index contributed by atoms with van der Waals surface area (Å²) in [5.74, 6) is 0. The van der Waals surface area contributed by atoms with Crippen LogP contribution in [0.2, 0.25) is 0 Å². The Kier molecular flexibility index (Phi) is 2.72. The molecule has 0 aliphatic heterocycles. The quantitative estimate of drug-likeness (QED) is 0.466. The third-order valence-electron chi connectivity index (χ3n) is 1.52. The van der Waals surface area contributed by atoms with Crippen LogP contribution in [0.5, 0.6) is 0 Å². The Balaban J connectivity index is 2.85. The molecule has 1 unspecified atom stereocenters. The second-order valence-electron chi connectivity index (χ2n) is 2.62. The van der Waals surface area contributed by atoms with Crippen LogP contribution in [0.15, 0.2) is 42.5 Å². The Morgan fingerprint density at radius 2 is 1.91 bits per heavy atom. The summed E-state index contributed by atoms with van der Waals surface area (Å²) in [4.78, 5) is 0. The van der Waals surface area contributed by atoms with Crippen molar-refractivity contribution in [3.05, 3.63) is 48.0 Å². The smallest absolute Gasteiger partial charge is 0.0790 e. The Bertz CT molecular complexity index is 238. The molecule has 1 atom stereocenters. The lowest BCUT2D eigenvalue weighted by atomic mass is 10.1. The molecule has 0 amide bonds. The van der Waals surface area contributed by atoms with Crippen molar-refractivity contribution in [3.63, 3.8) is 0 Å². The zero-order valence-corrected chi connectivity index (χ0v) is 7.31. The van der Waals surface area contributed by atoms with Crippen molar-refractivity contribution in [1.82, 2.24) is 0 Å². The fraction of sp³-hybridized carbons (Fsp3) is 0.200. The molecule has 0 saturated heterocycles. The Hall–Kier alpha value is -0.750. The van der Waals surface area contributed by atoms with E-state index in [4.69, 9.17) is 11.6 Å². The lowest BCUT2D eigenvalue weighted by molar-refractivity contribution is 1.11. The second kappa shape index (κ2) is 3.59. The highest BCUT2D eigenvalue weighted by atomic mass is 35.5. The van der Waals surface area contributed by atoms with Crippen molar-refractivity contribution in [2.24, 2.45) is 0 Å². The van der Waals surface area contributed by atoms with E-state index >= 15 is 0 Å². The lowest BCUT2D eigenvalue weighted by Crippen LogP contribution is -1.89. The average molecular weight is 167 g/mol. The van der Waals surface area contributed by atoms with Crippen LogP contribution in [0.4, 0.5) is 0 Å². The molecule has 58 valence electrons. The molecule has 1 aromatic rings. The topological polar surface area (TPSA) is 0 Å². The molecule has 0 saturated carbocycles. The number of hydrogen-bond donors (Lipinski definition) is 0. The zero-order chi connectivity index (χ0) is 8.27. The van der Waals surface area contributed by atoms with Crippen LogP contribution < -0.4 is 0 Å². The van der Waals surface area contributed by atoms with Crippen molar-refractivity contribution in [2.45, 2.75) is 12.3 Å². The molecule has 0 spiro atoms. The summed E-state index contributed by atoms with van der Waals surface area (Å²) in [5.41, 5.74) is 2.10. The normalized spacial score (nSPS) is 12.5. The van der Waals surface area contributed by atoms with Crippen LogP contribution in [0.25, 0.3) is 0 Å². The van der Waals surface area contributed by atoms with Gasteiger partial charge in [0.2, 0.25) is 0 Å². The summed E-state index contributed by atoms with van der Waals surface area (Å²) in [5, 5.41) is -0.0452. The van der Waals surface area contributed by atoms with Crippen molar-refractivity contribution in [3.8, 4) is 0 Å². The van der Waals surface area contributed by atoms with Gasteiger partial charge in [0.1, 0.15) is 0 Å². The lowest BCUT2D eigenvalue weighted by Gasteiger charge is -2.07. The molecule has 0 heterocycles. The standard InChI is InChI=1S/C10H11Cl/c1-8(2)10(11)9-6-4-3-5-7-9/h3-7,10H,1H2,2H3. The number of halogens is 1. The van der Waals surface area contributed by atoms with E-state index in [2.05, 4.69) is 6.58 Å². The summed E-state index contributed by atoms with van der Waals surface area (Å²) in [6, 6.07) is 9.95. The van der Waals surface area contributed by atoms with Crippen LogP contribution in [-0.2, 0) is 0 Å². The summed E-state index contributed by atoms with van der Waals surface area (Å²) in [6.45, 7) is 5.73. The summed E-state index contributed by atoms with van der Waals surface area (Å²) < 4.78 is 0. The SMILES string of the molecule is C=C(C)C(Cl)c1ccccc1. The first-order valence-corrected chi connectivity index (χ1v) is 4.00. The number of alkyl halides is 1. The second-order valence-corrected chi connectivity index (χ2v) is 3.06. The van der Waals surface area contributed by atoms with Gasteiger partial charge in [-0.2, -0.15) is 0 Å². The number of rotatable bonds is 2. The number of hydrogen-bond acceptors (Lipinski definition) is 0. The molecule has 1 aromatic carbocycles. The third-order valence-corrected chi connectivity index (χ3v) is 2.15. The minimum atomic E-state index is -0.0452. The van der Waals surface area contributed by atoms with Crippen LogP contribution in [-0.4, -0.2) is 0 Å². The van der Waals surface area contributed by atoms with Gasteiger partial charge in [-0.25, -0.2) is 0 Å². The molecular formula is C10H11Cl. The fourth-order valence-corrected chi connectivity index (χ4v) is 1.05. The first-order valence-electron chi connectivity index (χ1n) is 3.56. The molecule has 0 aliphatic carbocycles. The van der Waals surface area contributed by atoms with E-state index in [1.807, 2.05) is 37.3 Å². The maximum absolute atomic E-state index is 6.04. The summed E-state index contributed by atoms with van der Waals surface area (Å²) >= 11 is 6.04. The first-order chi connectivity index (χ1) is 5.22. The Morgan fingerprint density at radius 1 is 1.36 bits per heavy atom. The zero-order valence-electron chi connectivity index (χ0n) is 6.55. The molecular weight excluding hydrogens is 156 g/mol. The van der Waals surface area contributed by atoms with Gasteiger partial charge in [-0.1, -0.05) is 42.5 Å². The largest absolute Gasteiger partial charge is 0.113 e. The van der Waals surface area contributed by atoms with E-state index in [-0.39, 0.29) is 5.38 Å². The Labute approximate surface area is 72.5 Å². The van der Waals surface area contributed by atoms with Crippen molar-refractivity contribution in [2.75, 3.05) is 0 Å². The van der Waals surface area contributed by atoms with E-state index in [1.165, 1.54) is 0 Å². The third kappa shape index (κ3) is 2.09. The highest BCUT2D eigenvalue weighted by Gasteiger charge is 2.05. The number of allylic oxidation sites excluding steroid dienone is 1. The van der Waals surface area contributed by atoms with Crippen molar-refractivity contribution in [1.29, 1.82) is 0 Å². The van der Waals surface area contributed by atoms with E-state index < -0.39 is 0 Å².